The Balaban J connectivity index is 1.71. The van der Waals surface area contributed by atoms with E-state index in [0.29, 0.717) is 19.0 Å². The van der Waals surface area contributed by atoms with Crippen LogP contribution in [0.5, 0.6) is 0 Å². The number of nitrogens with one attached hydrogen (secondary N) is 1. The molecule has 1 fully saturated rings. The van der Waals surface area contributed by atoms with Crippen molar-refractivity contribution in [1.82, 2.24) is 20.0 Å². The molecule has 2 heterocycles. The predicted octanol–water partition coefficient (Wildman–Crippen LogP) is 2.96. The van der Waals surface area contributed by atoms with Gasteiger partial charge in [-0.15, -0.1) is 0 Å². The number of benzene rings is 1. The minimum atomic E-state index is -4.42. The number of hydrogen-bond acceptors (Lipinski definition) is 3. The highest BCUT2D eigenvalue weighted by Gasteiger charge is 2.30. The summed E-state index contributed by atoms with van der Waals surface area (Å²) in [7, 11) is 1.91. The number of aromatic nitrogens is 2. The van der Waals surface area contributed by atoms with Crippen molar-refractivity contribution in [2.75, 3.05) is 26.7 Å². The van der Waals surface area contributed by atoms with Gasteiger partial charge < -0.3 is 10.2 Å². The second-order valence-corrected chi connectivity index (χ2v) is 6.49. The normalized spacial score (nSPS) is 16.1. The van der Waals surface area contributed by atoms with E-state index in [-0.39, 0.29) is 17.3 Å². The maximum atomic E-state index is 12.9. The van der Waals surface area contributed by atoms with Crippen LogP contribution in [0.4, 0.5) is 13.2 Å². The van der Waals surface area contributed by atoms with Crippen LogP contribution in [0.2, 0.25) is 0 Å². The van der Waals surface area contributed by atoms with E-state index >= 15 is 0 Å². The van der Waals surface area contributed by atoms with E-state index < -0.39 is 11.7 Å². The van der Waals surface area contributed by atoms with Crippen molar-refractivity contribution in [3.05, 3.63) is 47.8 Å². The van der Waals surface area contributed by atoms with Crippen LogP contribution in [0, 0.1) is 5.92 Å². The molecule has 1 aliphatic rings. The average Bonchev–Trinajstić information content (AvgIpc) is 3.12. The van der Waals surface area contributed by atoms with Crippen molar-refractivity contribution < 1.29 is 18.0 Å². The monoisotopic (exact) mass is 366 g/mol. The molecule has 5 nitrogen and oxygen atoms in total. The van der Waals surface area contributed by atoms with Gasteiger partial charge in [0.05, 0.1) is 11.3 Å². The maximum absolute atomic E-state index is 12.9. The highest BCUT2D eigenvalue weighted by molar-refractivity contribution is 5.92. The zero-order valence-electron chi connectivity index (χ0n) is 14.5. The molecule has 1 saturated heterocycles. The minimum Gasteiger partial charge on any atom is -0.337 e. The van der Waals surface area contributed by atoms with Crippen molar-refractivity contribution in [3.63, 3.8) is 0 Å². The maximum Gasteiger partial charge on any atom is 0.416 e. The Morgan fingerprint density at radius 2 is 2.00 bits per heavy atom. The smallest absolute Gasteiger partial charge is 0.337 e. The summed E-state index contributed by atoms with van der Waals surface area (Å²) in [4.78, 5) is 14.3. The molecule has 26 heavy (non-hydrogen) atoms. The molecular weight excluding hydrogens is 345 g/mol. The molecule has 0 saturated carbocycles. The first-order valence-electron chi connectivity index (χ1n) is 8.55. The Hall–Kier alpha value is -2.35. The molecule has 0 atom stereocenters. The molecule has 0 aliphatic carbocycles. The fourth-order valence-corrected chi connectivity index (χ4v) is 3.20. The number of hydrogen-bond donors (Lipinski definition) is 1. The summed E-state index contributed by atoms with van der Waals surface area (Å²) in [5.74, 6) is 0.380. The van der Waals surface area contributed by atoms with Crippen molar-refractivity contribution in [2.45, 2.75) is 19.0 Å². The van der Waals surface area contributed by atoms with E-state index in [1.807, 2.05) is 7.05 Å². The van der Waals surface area contributed by atoms with Gasteiger partial charge in [0.15, 0.2) is 5.69 Å². The summed E-state index contributed by atoms with van der Waals surface area (Å²) in [6, 6.07) is 6.43. The summed E-state index contributed by atoms with van der Waals surface area (Å²) in [6.45, 7) is 2.27. The first-order valence-corrected chi connectivity index (χ1v) is 8.55. The number of likely N-dealkylation sites (tertiary alicyclic amines) is 1. The van der Waals surface area contributed by atoms with E-state index in [0.717, 1.165) is 31.5 Å². The Bertz CT molecular complexity index is 764. The van der Waals surface area contributed by atoms with Crippen LogP contribution in [-0.2, 0) is 6.18 Å². The predicted molar refractivity (Wildman–Crippen MR) is 91.1 cm³/mol. The summed E-state index contributed by atoms with van der Waals surface area (Å²) in [5, 5.41) is 7.33. The average molecular weight is 366 g/mol. The lowest BCUT2D eigenvalue weighted by atomic mass is 9.97. The van der Waals surface area contributed by atoms with Gasteiger partial charge in [0.25, 0.3) is 5.91 Å². The number of alkyl halides is 3. The number of carbonyl (C=O) groups excluding carboxylic acids is 1. The van der Waals surface area contributed by atoms with Gasteiger partial charge in [-0.1, -0.05) is 6.07 Å². The fraction of sp³-hybridized carbons (Fsp3) is 0.444. The van der Waals surface area contributed by atoms with Crippen LogP contribution in [-0.4, -0.2) is 47.3 Å². The van der Waals surface area contributed by atoms with Gasteiger partial charge >= 0.3 is 6.18 Å². The number of rotatable bonds is 4. The lowest BCUT2D eigenvalue weighted by Gasteiger charge is -2.31. The van der Waals surface area contributed by atoms with Crippen molar-refractivity contribution in [1.29, 1.82) is 0 Å². The quantitative estimate of drug-likeness (QED) is 0.905. The van der Waals surface area contributed by atoms with Gasteiger partial charge in [-0.05, 0) is 56.6 Å². The van der Waals surface area contributed by atoms with Gasteiger partial charge in [-0.25, -0.2) is 4.68 Å². The SMILES string of the molecule is CNCC1CCN(C(=O)c2ccn(-c3cccc(C(F)(F)F)c3)n2)CC1. The second-order valence-electron chi connectivity index (χ2n) is 6.49. The van der Waals surface area contributed by atoms with Gasteiger partial charge in [-0.2, -0.15) is 18.3 Å². The third-order valence-corrected chi connectivity index (χ3v) is 4.64. The molecule has 1 N–H and O–H groups in total. The van der Waals surface area contributed by atoms with Crippen molar-refractivity contribution in [3.8, 4) is 5.69 Å². The number of piperidine rings is 1. The molecule has 2 aromatic rings. The molecule has 1 aromatic heterocycles. The highest BCUT2D eigenvalue weighted by atomic mass is 19.4. The van der Waals surface area contributed by atoms with Crippen LogP contribution < -0.4 is 5.32 Å². The zero-order valence-corrected chi connectivity index (χ0v) is 14.5. The number of carbonyl (C=O) groups is 1. The zero-order chi connectivity index (χ0) is 18.7. The molecular formula is C18H21F3N4O. The molecule has 1 aromatic carbocycles. The molecule has 0 unspecified atom stereocenters. The summed E-state index contributed by atoms with van der Waals surface area (Å²) >= 11 is 0. The number of nitrogens with zero attached hydrogens (tertiary/aromatic N) is 3. The lowest BCUT2D eigenvalue weighted by Crippen LogP contribution is -2.40. The molecule has 0 spiro atoms. The standard InChI is InChI=1S/C18H21F3N4O/c1-22-12-13-5-8-24(9-6-13)17(26)16-7-10-25(23-16)15-4-2-3-14(11-15)18(19,20)21/h2-4,7,10-11,13,22H,5-6,8-9,12H2,1H3. The van der Waals surface area contributed by atoms with Crippen LogP contribution in [0.25, 0.3) is 5.69 Å². The lowest BCUT2D eigenvalue weighted by molar-refractivity contribution is -0.137. The summed E-state index contributed by atoms with van der Waals surface area (Å²) < 4.78 is 39.9. The molecule has 1 aliphatic heterocycles. The molecule has 0 bridgehead atoms. The third kappa shape index (κ3) is 4.07. The minimum absolute atomic E-state index is 0.182. The van der Waals surface area contributed by atoms with Crippen LogP contribution >= 0.6 is 0 Å². The largest absolute Gasteiger partial charge is 0.416 e. The first kappa shape index (κ1) is 18.4. The van der Waals surface area contributed by atoms with Crippen LogP contribution in [0.15, 0.2) is 36.5 Å². The molecule has 8 heteroatoms. The Kier molecular flexibility index (Phi) is 5.31. The summed E-state index contributed by atoms with van der Waals surface area (Å²) in [5.41, 5.74) is -0.230. The Morgan fingerprint density at radius 1 is 1.27 bits per heavy atom. The van der Waals surface area contributed by atoms with Gasteiger partial charge in [0.1, 0.15) is 0 Å². The van der Waals surface area contributed by atoms with Gasteiger partial charge in [0.2, 0.25) is 0 Å². The van der Waals surface area contributed by atoms with E-state index in [1.165, 1.54) is 23.0 Å². The molecule has 140 valence electrons. The van der Waals surface area contributed by atoms with E-state index in [4.69, 9.17) is 0 Å². The number of halogens is 3. The van der Waals surface area contributed by atoms with Crippen LogP contribution in [0.1, 0.15) is 28.9 Å². The van der Waals surface area contributed by atoms with Gasteiger partial charge in [-0.3, -0.25) is 4.79 Å². The Labute approximate surface area is 149 Å². The fourth-order valence-electron chi connectivity index (χ4n) is 3.20. The van der Waals surface area contributed by atoms with E-state index in [2.05, 4.69) is 10.4 Å². The van der Waals surface area contributed by atoms with E-state index in [1.54, 1.807) is 11.0 Å². The van der Waals surface area contributed by atoms with Crippen molar-refractivity contribution >= 4 is 5.91 Å². The first-order chi connectivity index (χ1) is 12.4. The third-order valence-electron chi connectivity index (χ3n) is 4.64. The molecule has 3 rings (SSSR count). The topological polar surface area (TPSA) is 50.2 Å². The van der Waals surface area contributed by atoms with Gasteiger partial charge in [0, 0.05) is 19.3 Å². The second kappa shape index (κ2) is 7.49. The molecule has 1 amide bonds. The molecule has 0 radical (unpaired) electrons. The van der Waals surface area contributed by atoms with Crippen LogP contribution in [0.3, 0.4) is 0 Å². The van der Waals surface area contributed by atoms with E-state index in [9.17, 15) is 18.0 Å². The Morgan fingerprint density at radius 3 is 2.65 bits per heavy atom. The summed E-state index contributed by atoms with van der Waals surface area (Å²) in [6.07, 6.45) is -1.04. The highest BCUT2D eigenvalue weighted by Crippen LogP contribution is 2.30. The van der Waals surface area contributed by atoms with Crippen molar-refractivity contribution in [2.24, 2.45) is 5.92 Å². The number of amides is 1.